The Labute approximate surface area is 97.2 Å². The summed E-state index contributed by atoms with van der Waals surface area (Å²) in [6.07, 6.45) is 6.84. The standard InChI is InChI=1S/C13H22N2O/c1-7(14)13(16)15-12-10-3-8-2-9(5-10)6-11(12)4-8/h7-12H,2-6,14H2,1H3,(H,15,16)/t7-,8?,9?,10?,11?,12?/m0/s1. The van der Waals surface area contributed by atoms with Gasteiger partial charge in [-0.3, -0.25) is 4.79 Å². The molecule has 1 amide bonds. The lowest BCUT2D eigenvalue weighted by atomic mass is 9.54. The van der Waals surface area contributed by atoms with Crippen LogP contribution in [0.2, 0.25) is 0 Å². The summed E-state index contributed by atoms with van der Waals surface area (Å²) in [6, 6.07) is 0.0727. The molecule has 4 aliphatic rings. The van der Waals surface area contributed by atoms with E-state index in [4.69, 9.17) is 5.73 Å². The molecule has 0 aromatic carbocycles. The molecule has 0 aromatic heterocycles. The molecule has 90 valence electrons. The quantitative estimate of drug-likeness (QED) is 0.739. The van der Waals surface area contributed by atoms with Crippen LogP contribution in [0.4, 0.5) is 0 Å². The van der Waals surface area contributed by atoms with Gasteiger partial charge >= 0.3 is 0 Å². The van der Waals surface area contributed by atoms with Crippen LogP contribution in [0.15, 0.2) is 0 Å². The molecule has 0 heterocycles. The Morgan fingerprint density at radius 3 is 2.06 bits per heavy atom. The second-order valence-electron chi connectivity index (χ2n) is 6.25. The van der Waals surface area contributed by atoms with Crippen LogP contribution in [0.3, 0.4) is 0 Å². The van der Waals surface area contributed by atoms with E-state index in [1.807, 2.05) is 0 Å². The van der Waals surface area contributed by atoms with E-state index in [-0.39, 0.29) is 11.9 Å². The first kappa shape index (κ1) is 10.6. The number of hydrogen-bond acceptors (Lipinski definition) is 2. The molecule has 3 nitrogen and oxygen atoms in total. The largest absolute Gasteiger partial charge is 0.351 e. The number of hydrogen-bond donors (Lipinski definition) is 2. The van der Waals surface area contributed by atoms with Crippen molar-refractivity contribution < 1.29 is 4.79 Å². The van der Waals surface area contributed by atoms with Crippen LogP contribution in [0.25, 0.3) is 0 Å². The fourth-order valence-corrected chi connectivity index (χ4v) is 4.46. The van der Waals surface area contributed by atoms with Gasteiger partial charge in [0.15, 0.2) is 0 Å². The second-order valence-corrected chi connectivity index (χ2v) is 6.25. The third-order valence-electron chi connectivity index (χ3n) is 4.95. The third kappa shape index (κ3) is 1.65. The smallest absolute Gasteiger partial charge is 0.236 e. The molecule has 4 saturated carbocycles. The maximum atomic E-state index is 11.7. The number of carbonyl (C=O) groups is 1. The van der Waals surface area contributed by atoms with Crippen molar-refractivity contribution in [1.29, 1.82) is 0 Å². The summed E-state index contributed by atoms with van der Waals surface area (Å²) < 4.78 is 0. The molecule has 0 aromatic rings. The highest BCUT2D eigenvalue weighted by atomic mass is 16.2. The van der Waals surface area contributed by atoms with Crippen molar-refractivity contribution in [3.63, 3.8) is 0 Å². The first-order chi connectivity index (χ1) is 7.63. The molecule has 4 rings (SSSR count). The van der Waals surface area contributed by atoms with E-state index < -0.39 is 0 Å². The van der Waals surface area contributed by atoms with Crippen LogP contribution >= 0.6 is 0 Å². The molecule has 0 radical (unpaired) electrons. The minimum Gasteiger partial charge on any atom is -0.351 e. The molecule has 1 atom stereocenters. The molecule has 4 aliphatic carbocycles. The Morgan fingerprint density at radius 2 is 1.62 bits per heavy atom. The van der Waals surface area contributed by atoms with Gasteiger partial charge in [0.1, 0.15) is 0 Å². The third-order valence-corrected chi connectivity index (χ3v) is 4.95. The van der Waals surface area contributed by atoms with E-state index >= 15 is 0 Å². The first-order valence-corrected chi connectivity index (χ1v) is 6.69. The SMILES string of the molecule is C[C@H](N)C(=O)NC1C2CC3CC(C2)CC1C3. The maximum absolute atomic E-state index is 11.7. The molecule has 0 spiro atoms. The Hall–Kier alpha value is -0.570. The van der Waals surface area contributed by atoms with Gasteiger partial charge in [0, 0.05) is 6.04 Å². The molecule has 16 heavy (non-hydrogen) atoms. The average Bonchev–Trinajstić information content (AvgIpc) is 2.21. The Morgan fingerprint density at radius 1 is 1.12 bits per heavy atom. The minimum absolute atomic E-state index is 0.0393. The minimum atomic E-state index is -0.364. The van der Waals surface area contributed by atoms with E-state index in [0.29, 0.717) is 6.04 Å². The van der Waals surface area contributed by atoms with Gasteiger partial charge in [-0.2, -0.15) is 0 Å². The zero-order chi connectivity index (χ0) is 11.3. The Bertz CT molecular complexity index is 272. The van der Waals surface area contributed by atoms with E-state index in [0.717, 1.165) is 23.7 Å². The Kier molecular flexibility index (Phi) is 2.46. The summed E-state index contributed by atoms with van der Waals surface area (Å²) in [5, 5.41) is 3.20. The molecule has 0 aliphatic heterocycles. The summed E-state index contributed by atoms with van der Waals surface area (Å²) in [7, 11) is 0. The van der Waals surface area contributed by atoms with E-state index in [2.05, 4.69) is 5.32 Å². The van der Waals surface area contributed by atoms with Gasteiger partial charge in [-0.05, 0) is 62.7 Å². The topological polar surface area (TPSA) is 55.1 Å². The number of rotatable bonds is 2. The lowest BCUT2D eigenvalue weighted by Crippen LogP contribution is -2.57. The van der Waals surface area contributed by atoms with Crippen LogP contribution in [-0.2, 0) is 4.79 Å². The van der Waals surface area contributed by atoms with Crippen molar-refractivity contribution in [2.24, 2.45) is 29.4 Å². The van der Waals surface area contributed by atoms with Crippen molar-refractivity contribution in [3.05, 3.63) is 0 Å². The number of amides is 1. The lowest BCUT2D eigenvalue weighted by molar-refractivity contribution is -0.125. The van der Waals surface area contributed by atoms with Gasteiger partial charge < -0.3 is 11.1 Å². The number of carbonyl (C=O) groups excluding carboxylic acids is 1. The van der Waals surface area contributed by atoms with E-state index in [1.165, 1.54) is 32.1 Å². The zero-order valence-electron chi connectivity index (χ0n) is 9.99. The van der Waals surface area contributed by atoms with Crippen molar-refractivity contribution in [2.75, 3.05) is 0 Å². The molecule has 0 saturated heterocycles. The molecule has 4 bridgehead atoms. The summed E-state index contributed by atoms with van der Waals surface area (Å²) in [4.78, 5) is 11.7. The normalized spacial score (nSPS) is 46.8. The molecule has 3 heteroatoms. The van der Waals surface area contributed by atoms with Crippen LogP contribution in [0.5, 0.6) is 0 Å². The van der Waals surface area contributed by atoms with Gasteiger partial charge in [0.25, 0.3) is 0 Å². The summed E-state index contributed by atoms with van der Waals surface area (Å²) >= 11 is 0. The summed E-state index contributed by atoms with van der Waals surface area (Å²) in [5.74, 6) is 3.47. The van der Waals surface area contributed by atoms with Crippen LogP contribution in [-0.4, -0.2) is 18.0 Å². The van der Waals surface area contributed by atoms with Crippen molar-refractivity contribution >= 4 is 5.91 Å². The van der Waals surface area contributed by atoms with Gasteiger partial charge in [-0.25, -0.2) is 0 Å². The van der Waals surface area contributed by atoms with Gasteiger partial charge in [-0.15, -0.1) is 0 Å². The number of nitrogens with one attached hydrogen (secondary N) is 1. The number of nitrogens with two attached hydrogens (primary N) is 1. The highest BCUT2D eigenvalue weighted by Crippen LogP contribution is 2.53. The highest BCUT2D eigenvalue weighted by molar-refractivity contribution is 5.81. The van der Waals surface area contributed by atoms with Gasteiger partial charge in [-0.1, -0.05) is 0 Å². The van der Waals surface area contributed by atoms with Crippen LogP contribution < -0.4 is 11.1 Å². The van der Waals surface area contributed by atoms with Crippen LogP contribution in [0, 0.1) is 23.7 Å². The van der Waals surface area contributed by atoms with Crippen LogP contribution in [0.1, 0.15) is 39.0 Å². The van der Waals surface area contributed by atoms with Crippen molar-refractivity contribution in [2.45, 2.75) is 51.1 Å². The van der Waals surface area contributed by atoms with Crippen molar-refractivity contribution in [3.8, 4) is 0 Å². The fraction of sp³-hybridized carbons (Fsp3) is 0.923. The van der Waals surface area contributed by atoms with Gasteiger partial charge in [0.05, 0.1) is 6.04 Å². The monoisotopic (exact) mass is 222 g/mol. The Balaban J connectivity index is 1.70. The van der Waals surface area contributed by atoms with Gasteiger partial charge in [0.2, 0.25) is 5.91 Å². The highest BCUT2D eigenvalue weighted by Gasteiger charge is 2.48. The summed E-state index contributed by atoms with van der Waals surface area (Å²) in [5.41, 5.74) is 5.63. The molecular formula is C13H22N2O. The summed E-state index contributed by atoms with van der Waals surface area (Å²) in [6.45, 7) is 1.77. The average molecular weight is 222 g/mol. The molecule has 0 unspecified atom stereocenters. The maximum Gasteiger partial charge on any atom is 0.236 e. The molecular weight excluding hydrogens is 200 g/mol. The first-order valence-electron chi connectivity index (χ1n) is 6.69. The molecule has 4 fully saturated rings. The zero-order valence-corrected chi connectivity index (χ0v) is 9.99. The van der Waals surface area contributed by atoms with Crippen molar-refractivity contribution in [1.82, 2.24) is 5.32 Å². The van der Waals surface area contributed by atoms with E-state index in [9.17, 15) is 4.79 Å². The predicted molar refractivity (Wildman–Crippen MR) is 62.6 cm³/mol. The molecule has 3 N–H and O–H groups in total. The fourth-order valence-electron chi connectivity index (χ4n) is 4.46. The lowest BCUT2D eigenvalue weighted by Gasteiger charge is -2.54. The second kappa shape index (κ2) is 3.73. The predicted octanol–water partition coefficient (Wildman–Crippen LogP) is 1.27. The van der Waals surface area contributed by atoms with E-state index in [1.54, 1.807) is 6.92 Å².